The van der Waals surface area contributed by atoms with E-state index in [4.69, 9.17) is 21.5 Å². The first-order valence-electron chi connectivity index (χ1n) is 8.74. The van der Waals surface area contributed by atoms with Crippen molar-refractivity contribution in [1.82, 2.24) is 10.3 Å². The second-order valence-electron chi connectivity index (χ2n) is 6.28. The minimum absolute atomic E-state index is 0.000390. The van der Waals surface area contributed by atoms with E-state index < -0.39 is 6.04 Å². The highest BCUT2D eigenvalue weighted by Gasteiger charge is 2.31. The maximum atomic E-state index is 9.41. The zero-order chi connectivity index (χ0) is 20.3. The number of anilines is 3. The number of pyridine rings is 1. The molecule has 1 aromatic carbocycles. The maximum absolute atomic E-state index is 9.41. The van der Waals surface area contributed by atoms with Gasteiger partial charge in [-0.25, -0.2) is 9.98 Å². The Hall–Kier alpha value is -3.98. The van der Waals surface area contributed by atoms with Crippen molar-refractivity contribution < 1.29 is 4.74 Å². The molecular formula is C19H20N8O. The van der Waals surface area contributed by atoms with Crippen molar-refractivity contribution in [3.8, 4) is 18.0 Å². The van der Waals surface area contributed by atoms with Crippen molar-refractivity contribution in [1.29, 1.82) is 10.5 Å². The number of aliphatic imine (C=N–C) groups is 1. The van der Waals surface area contributed by atoms with E-state index in [9.17, 15) is 5.26 Å². The van der Waals surface area contributed by atoms with Crippen molar-refractivity contribution in [3.05, 3.63) is 41.0 Å². The van der Waals surface area contributed by atoms with Gasteiger partial charge < -0.3 is 21.5 Å². The standard InChI is InChI=1S/C19H20N8O/c1-3-10(2)28-13-7-5-4-6-11(13)16-14-15(22)12(8-20)17(23)26-18(14)27-19(25-16)24-9-21/h4-7,10,16H,3H2,1-2H3,(H6,22,23,24,25,26,27). The third-order valence-corrected chi connectivity index (χ3v) is 4.47. The Labute approximate surface area is 162 Å². The van der Waals surface area contributed by atoms with Crippen molar-refractivity contribution in [3.63, 3.8) is 0 Å². The third kappa shape index (κ3) is 3.33. The quantitative estimate of drug-likeness (QED) is 0.467. The summed E-state index contributed by atoms with van der Waals surface area (Å²) in [5.41, 5.74) is 13.7. The zero-order valence-corrected chi connectivity index (χ0v) is 15.5. The molecule has 2 atom stereocenters. The van der Waals surface area contributed by atoms with Gasteiger partial charge in [0.2, 0.25) is 5.96 Å². The number of nitrogens with one attached hydrogen (secondary N) is 2. The fourth-order valence-corrected chi connectivity index (χ4v) is 2.92. The van der Waals surface area contributed by atoms with E-state index in [1.165, 1.54) is 0 Å². The fraction of sp³-hybridized carbons (Fsp3) is 0.263. The number of hydrogen-bond donors (Lipinski definition) is 4. The molecule has 1 aromatic heterocycles. The average molecular weight is 376 g/mol. The Morgan fingerprint density at radius 2 is 2.07 bits per heavy atom. The van der Waals surface area contributed by atoms with Crippen LogP contribution in [0, 0.1) is 22.8 Å². The number of rotatable bonds is 4. The maximum Gasteiger partial charge on any atom is 0.211 e. The lowest BCUT2D eigenvalue weighted by atomic mass is 9.94. The molecule has 6 N–H and O–H groups in total. The normalized spacial score (nSPS) is 15.9. The van der Waals surface area contributed by atoms with Gasteiger partial charge in [0, 0.05) is 11.1 Å². The van der Waals surface area contributed by atoms with Crippen LogP contribution in [0.15, 0.2) is 29.3 Å². The number of guanidine groups is 1. The first-order valence-corrected chi connectivity index (χ1v) is 8.74. The Bertz CT molecular complexity index is 1020. The van der Waals surface area contributed by atoms with Crippen molar-refractivity contribution >= 4 is 23.3 Å². The highest BCUT2D eigenvalue weighted by atomic mass is 16.5. The van der Waals surface area contributed by atoms with E-state index in [2.05, 4.69) is 20.6 Å². The first kappa shape index (κ1) is 18.8. The molecule has 2 unspecified atom stereocenters. The summed E-state index contributed by atoms with van der Waals surface area (Å²) in [7, 11) is 0. The molecular weight excluding hydrogens is 356 g/mol. The van der Waals surface area contributed by atoms with Gasteiger partial charge in [-0.3, -0.25) is 5.32 Å². The average Bonchev–Trinajstić information content (AvgIpc) is 2.68. The molecule has 3 rings (SSSR count). The summed E-state index contributed by atoms with van der Waals surface area (Å²) in [4.78, 5) is 8.82. The van der Waals surface area contributed by atoms with Crippen LogP contribution in [0.1, 0.15) is 43.0 Å². The Morgan fingerprint density at radius 3 is 2.75 bits per heavy atom. The largest absolute Gasteiger partial charge is 0.490 e. The Balaban J connectivity index is 2.22. The van der Waals surface area contributed by atoms with Gasteiger partial charge in [-0.2, -0.15) is 10.5 Å². The van der Waals surface area contributed by atoms with Crippen LogP contribution in [0.4, 0.5) is 17.3 Å². The number of nitrogens with two attached hydrogens (primary N) is 2. The van der Waals surface area contributed by atoms with Crippen LogP contribution >= 0.6 is 0 Å². The van der Waals surface area contributed by atoms with Gasteiger partial charge >= 0.3 is 0 Å². The summed E-state index contributed by atoms with van der Waals surface area (Å²) >= 11 is 0. The lowest BCUT2D eigenvalue weighted by Gasteiger charge is -2.27. The molecule has 0 spiro atoms. The summed E-state index contributed by atoms with van der Waals surface area (Å²) in [6.45, 7) is 4.01. The lowest BCUT2D eigenvalue weighted by molar-refractivity contribution is 0.215. The van der Waals surface area contributed by atoms with E-state index in [0.717, 1.165) is 12.0 Å². The molecule has 2 aromatic rings. The molecule has 0 fully saturated rings. The molecule has 2 heterocycles. The highest BCUT2D eigenvalue weighted by Crippen LogP contribution is 2.43. The minimum Gasteiger partial charge on any atom is -0.490 e. The summed E-state index contributed by atoms with van der Waals surface area (Å²) < 4.78 is 6.05. The number of fused-ring (bicyclic) bond motifs is 1. The van der Waals surface area contributed by atoms with Gasteiger partial charge in [0.1, 0.15) is 35.1 Å². The predicted molar refractivity (Wildman–Crippen MR) is 106 cm³/mol. The number of aromatic nitrogens is 1. The summed E-state index contributed by atoms with van der Waals surface area (Å²) in [6, 6.07) is 8.80. The monoisotopic (exact) mass is 376 g/mol. The third-order valence-electron chi connectivity index (χ3n) is 4.47. The number of hydrogen-bond acceptors (Lipinski definition) is 9. The SMILES string of the molecule is CCC(C)Oc1ccccc1C1N=C(NC#N)Nc2nc(N)c(C#N)c(N)c21. The van der Waals surface area contributed by atoms with Crippen molar-refractivity contribution in [2.45, 2.75) is 32.4 Å². The zero-order valence-electron chi connectivity index (χ0n) is 15.5. The van der Waals surface area contributed by atoms with Crippen LogP contribution in [0.25, 0.3) is 0 Å². The molecule has 0 bridgehead atoms. The molecule has 1 aliphatic rings. The van der Waals surface area contributed by atoms with Crippen LogP contribution in [-0.4, -0.2) is 17.0 Å². The molecule has 142 valence electrons. The number of nitrogens with zero attached hydrogens (tertiary/aromatic N) is 4. The Kier molecular flexibility index (Phi) is 5.18. The molecule has 9 heteroatoms. The van der Waals surface area contributed by atoms with Crippen LogP contribution in [0.2, 0.25) is 0 Å². The smallest absolute Gasteiger partial charge is 0.211 e. The van der Waals surface area contributed by atoms with Crippen molar-refractivity contribution in [2.75, 3.05) is 16.8 Å². The number of benzene rings is 1. The number of para-hydroxylation sites is 1. The van der Waals surface area contributed by atoms with E-state index >= 15 is 0 Å². The second kappa shape index (κ2) is 7.72. The molecule has 0 saturated heterocycles. The molecule has 0 radical (unpaired) electrons. The molecule has 0 amide bonds. The number of nitriles is 2. The number of ether oxygens (including phenoxy) is 1. The van der Waals surface area contributed by atoms with Crippen molar-refractivity contribution in [2.24, 2.45) is 4.99 Å². The Morgan fingerprint density at radius 1 is 1.32 bits per heavy atom. The van der Waals surface area contributed by atoms with Gasteiger partial charge in [0.15, 0.2) is 6.19 Å². The van der Waals surface area contributed by atoms with E-state index in [1.807, 2.05) is 50.4 Å². The molecule has 0 aliphatic carbocycles. The van der Waals surface area contributed by atoms with Crippen LogP contribution in [0.5, 0.6) is 5.75 Å². The fourth-order valence-electron chi connectivity index (χ4n) is 2.92. The van der Waals surface area contributed by atoms with Crippen LogP contribution in [0.3, 0.4) is 0 Å². The van der Waals surface area contributed by atoms with Gasteiger partial charge in [-0.15, -0.1) is 0 Å². The summed E-state index contributed by atoms with van der Waals surface area (Å²) in [5, 5.41) is 23.8. The second-order valence-corrected chi connectivity index (χ2v) is 6.28. The summed E-state index contributed by atoms with van der Waals surface area (Å²) in [6.07, 6.45) is 2.66. The topological polar surface area (TPSA) is 158 Å². The molecule has 0 saturated carbocycles. The van der Waals surface area contributed by atoms with E-state index in [1.54, 1.807) is 0 Å². The van der Waals surface area contributed by atoms with E-state index in [0.29, 0.717) is 17.1 Å². The highest BCUT2D eigenvalue weighted by molar-refractivity contribution is 5.98. The summed E-state index contributed by atoms with van der Waals surface area (Å²) in [5.74, 6) is 1.19. The van der Waals surface area contributed by atoms with E-state index in [-0.39, 0.29) is 29.1 Å². The molecule has 1 aliphatic heterocycles. The minimum atomic E-state index is -0.632. The van der Waals surface area contributed by atoms with Crippen LogP contribution < -0.4 is 26.8 Å². The molecule has 9 nitrogen and oxygen atoms in total. The van der Waals surface area contributed by atoms with Gasteiger partial charge in [0.25, 0.3) is 0 Å². The van der Waals surface area contributed by atoms with Gasteiger partial charge in [0.05, 0.1) is 11.8 Å². The lowest BCUT2D eigenvalue weighted by Crippen LogP contribution is -2.33. The predicted octanol–water partition coefficient (Wildman–Crippen LogP) is 2.24. The van der Waals surface area contributed by atoms with Gasteiger partial charge in [-0.05, 0) is 19.4 Å². The molecule has 28 heavy (non-hydrogen) atoms. The first-order chi connectivity index (χ1) is 13.5. The number of nitrogen functional groups attached to an aromatic ring is 2. The van der Waals surface area contributed by atoms with Crippen LogP contribution in [-0.2, 0) is 0 Å². The van der Waals surface area contributed by atoms with Gasteiger partial charge in [-0.1, -0.05) is 25.1 Å².